The van der Waals surface area contributed by atoms with E-state index in [9.17, 15) is 20.4 Å². The second-order valence-electron chi connectivity index (χ2n) is 9.03. The molecule has 1 unspecified atom stereocenters. The van der Waals surface area contributed by atoms with Crippen LogP contribution in [-0.2, 0) is 9.47 Å². The molecule has 1 saturated heterocycles. The van der Waals surface area contributed by atoms with Crippen LogP contribution in [0, 0.1) is 6.42 Å². The molecule has 0 aliphatic carbocycles. The van der Waals surface area contributed by atoms with Gasteiger partial charge < -0.3 is 29.9 Å². The van der Waals surface area contributed by atoms with Crippen molar-refractivity contribution in [1.29, 1.82) is 0 Å². The van der Waals surface area contributed by atoms with Gasteiger partial charge in [-0.3, -0.25) is 0 Å². The van der Waals surface area contributed by atoms with Crippen LogP contribution in [0.3, 0.4) is 0 Å². The Kier molecular flexibility index (Phi) is 17.9. The predicted molar refractivity (Wildman–Crippen MR) is 124 cm³/mol. The molecule has 6 heteroatoms. The number of aliphatic hydroxyl groups is 4. The highest BCUT2D eigenvalue weighted by atomic mass is 16.5. The molecule has 0 aromatic heterocycles. The zero-order chi connectivity index (χ0) is 22.7. The minimum absolute atomic E-state index is 0.398. The van der Waals surface area contributed by atoms with E-state index in [1.54, 1.807) is 6.42 Å². The Bertz CT molecular complexity index is 392. The average Bonchev–Trinajstić information content (AvgIpc) is 2.78. The van der Waals surface area contributed by atoms with Crippen molar-refractivity contribution in [2.24, 2.45) is 0 Å². The SMILES string of the molecule is CCCCCCCCCCCCCCCCOCC[CH]C1O[C@H](CO)[C@H](O)[C@H](O)[C@H]1O. The Morgan fingerprint density at radius 3 is 1.71 bits per heavy atom. The summed E-state index contributed by atoms with van der Waals surface area (Å²) in [6.45, 7) is 3.14. The molecule has 0 amide bonds. The number of ether oxygens (including phenoxy) is 2. The molecule has 1 rings (SSSR count). The van der Waals surface area contributed by atoms with Gasteiger partial charge in [0.2, 0.25) is 0 Å². The van der Waals surface area contributed by atoms with Gasteiger partial charge in [0.25, 0.3) is 0 Å². The monoisotopic (exact) mass is 445 g/mol. The van der Waals surface area contributed by atoms with Crippen molar-refractivity contribution in [3.8, 4) is 0 Å². The highest BCUT2D eigenvalue weighted by Gasteiger charge is 2.42. The molecular formula is C25H49O6. The Morgan fingerprint density at radius 1 is 0.677 bits per heavy atom. The summed E-state index contributed by atoms with van der Waals surface area (Å²) in [5.41, 5.74) is 0. The highest BCUT2D eigenvalue weighted by Crippen LogP contribution is 2.23. The van der Waals surface area contributed by atoms with Crippen molar-refractivity contribution in [1.82, 2.24) is 0 Å². The Labute approximate surface area is 190 Å². The molecule has 0 aromatic carbocycles. The molecular weight excluding hydrogens is 396 g/mol. The zero-order valence-corrected chi connectivity index (χ0v) is 19.8. The van der Waals surface area contributed by atoms with Crippen LogP contribution < -0.4 is 0 Å². The standard InChI is InChI=1S/C25H49O6/c1-2-3-4-5-6-7-8-9-10-11-12-13-14-15-18-30-19-16-17-21-23(27)25(29)24(28)22(20-26)31-21/h17,21-29H,2-16,18-20H2,1H3/t21?,22-,23+,24+,25-/m1/s1. The van der Waals surface area contributed by atoms with E-state index in [1.807, 2.05) is 0 Å². The Hall–Kier alpha value is -0.240. The second kappa shape index (κ2) is 19.2. The first-order valence-electron chi connectivity index (χ1n) is 12.8. The fourth-order valence-electron chi connectivity index (χ4n) is 4.14. The molecule has 6 nitrogen and oxygen atoms in total. The number of rotatable bonds is 20. The molecule has 31 heavy (non-hydrogen) atoms. The van der Waals surface area contributed by atoms with E-state index in [0.717, 1.165) is 13.0 Å². The Morgan fingerprint density at radius 2 is 1.19 bits per heavy atom. The number of hydrogen-bond acceptors (Lipinski definition) is 6. The molecule has 5 atom stereocenters. The quantitative estimate of drug-likeness (QED) is 0.212. The minimum Gasteiger partial charge on any atom is -0.394 e. The first-order valence-corrected chi connectivity index (χ1v) is 12.8. The normalized spacial score (nSPS) is 26.4. The highest BCUT2D eigenvalue weighted by molar-refractivity contribution is 4.97. The van der Waals surface area contributed by atoms with E-state index in [4.69, 9.17) is 9.47 Å². The van der Waals surface area contributed by atoms with Crippen molar-refractivity contribution in [3.63, 3.8) is 0 Å². The molecule has 0 spiro atoms. The maximum Gasteiger partial charge on any atom is 0.111 e. The van der Waals surface area contributed by atoms with E-state index in [0.29, 0.717) is 13.0 Å². The lowest BCUT2D eigenvalue weighted by atomic mass is 9.93. The van der Waals surface area contributed by atoms with Crippen molar-refractivity contribution < 1.29 is 29.9 Å². The number of aliphatic hydroxyl groups excluding tert-OH is 4. The third kappa shape index (κ3) is 13.2. The number of hydrogen-bond donors (Lipinski definition) is 4. The van der Waals surface area contributed by atoms with E-state index < -0.39 is 37.1 Å². The van der Waals surface area contributed by atoms with Gasteiger partial charge in [0.1, 0.15) is 24.4 Å². The average molecular weight is 446 g/mol. The molecule has 1 fully saturated rings. The molecule has 1 radical (unpaired) electrons. The van der Waals surface area contributed by atoms with Crippen LogP contribution >= 0.6 is 0 Å². The van der Waals surface area contributed by atoms with Gasteiger partial charge in [0.05, 0.1) is 12.7 Å². The summed E-state index contributed by atoms with van der Waals surface area (Å²) in [7, 11) is 0. The minimum atomic E-state index is -1.32. The maximum atomic E-state index is 9.98. The molecule has 4 N–H and O–H groups in total. The van der Waals surface area contributed by atoms with Gasteiger partial charge in [-0.05, 0) is 19.3 Å². The lowest BCUT2D eigenvalue weighted by Crippen LogP contribution is -2.58. The third-order valence-electron chi connectivity index (χ3n) is 6.23. The van der Waals surface area contributed by atoms with Crippen molar-refractivity contribution in [2.75, 3.05) is 19.8 Å². The zero-order valence-electron chi connectivity index (χ0n) is 19.8. The summed E-state index contributed by atoms with van der Waals surface area (Å²) in [6.07, 6.45) is 15.7. The van der Waals surface area contributed by atoms with E-state index >= 15 is 0 Å². The van der Waals surface area contributed by atoms with Gasteiger partial charge in [-0.15, -0.1) is 0 Å². The number of unbranched alkanes of at least 4 members (excludes halogenated alkanes) is 13. The van der Waals surface area contributed by atoms with Crippen LogP contribution in [0.15, 0.2) is 0 Å². The fourth-order valence-corrected chi connectivity index (χ4v) is 4.14. The summed E-state index contributed by atoms with van der Waals surface area (Å²) < 4.78 is 11.1. The molecule has 0 bridgehead atoms. The van der Waals surface area contributed by atoms with Gasteiger partial charge in [0.15, 0.2) is 0 Å². The lowest BCUT2D eigenvalue weighted by molar-refractivity contribution is -0.221. The van der Waals surface area contributed by atoms with Crippen LogP contribution in [0.5, 0.6) is 0 Å². The first kappa shape index (κ1) is 28.8. The molecule has 1 aliphatic rings. The molecule has 1 aliphatic heterocycles. The Balaban J connectivity index is 1.84. The van der Waals surface area contributed by atoms with Crippen LogP contribution in [-0.4, -0.2) is 70.8 Å². The third-order valence-corrected chi connectivity index (χ3v) is 6.23. The smallest absolute Gasteiger partial charge is 0.111 e. The summed E-state index contributed by atoms with van der Waals surface area (Å²) in [6, 6.07) is 0. The van der Waals surface area contributed by atoms with Gasteiger partial charge in [0, 0.05) is 13.2 Å². The largest absolute Gasteiger partial charge is 0.394 e. The van der Waals surface area contributed by atoms with E-state index in [-0.39, 0.29) is 0 Å². The lowest BCUT2D eigenvalue weighted by Gasteiger charge is -2.40. The second-order valence-corrected chi connectivity index (χ2v) is 9.03. The molecule has 1 heterocycles. The topological polar surface area (TPSA) is 99.4 Å². The van der Waals surface area contributed by atoms with Gasteiger partial charge in [-0.1, -0.05) is 90.4 Å². The summed E-state index contributed by atoms with van der Waals surface area (Å²) >= 11 is 0. The van der Waals surface area contributed by atoms with Crippen molar-refractivity contribution in [3.05, 3.63) is 6.42 Å². The van der Waals surface area contributed by atoms with Gasteiger partial charge in [-0.2, -0.15) is 0 Å². The van der Waals surface area contributed by atoms with E-state index in [1.165, 1.54) is 83.5 Å². The predicted octanol–water partition coefficient (Wildman–Crippen LogP) is 3.92. The van der Waals surface area contributed by atoms with Crippen LogP contribution in [0.1, 0.15) is 103 Å². The van der Waals surface area contributed by atoms with E-state index in [2.05, 4.69) is 6.92 Å². The van der Waals surface area contributed by atoms with Gasteiger partial charge in [-0.25, -0.2) is 0 Å². The van der Waals surface area contributed by atoms with Crippen LogP contribution in [0.25, 0.3) is 0 Å². The van der Waals surface area contributed by atoms with Crippen LogP contribution in [0.2, 0.25) is 0 Å². The molecule has 0 aromatic rings. The first-order chi connectivity index (χ1) is 15.1. The van der Waals surface area contributed by atoms with Crippen LogP contribution in [0.4, 0.5) is 0 Å². The summed E-state index contributed by atoms with van der Waals surface area (Å²) in [4.78, 5) is 0. The fraction of sp³-hybridized carbons (Fsp3) is 0.960. The summed E-state index contributed by atoms with van der Waals surface area (Å²) in [5.74, 6) is 0. The van der Waals surface area contributed by atoms with Gasteiger partial charge >= 0.3 is 0 Å². The molecule has 185 valence electrons. The maximum absolute atomic E-state index is 9.98. The van der Waals surface area contributed by atoms with Crippen molar-refractivity contribution in [2.45, 2.75) is 134 Å². The molecule has 0 saturated carbocycles. The summed E-state index contributed by atoms with van der Waals surface area (Å²) in [5, 5.41) is 38.7. The van der Waals surface area contributed by atoms with Crippen molar-refractivity contribution >= 4 is 0 Å².